The molecule has 0 radical (unpaired) electrons. The zero-order valence-corrected chi connectivity index (χ0v) is 14.4. The van der Waals surface area contributed by atoms with E-state index in [-0.39, 0.29) is 5.82 Å². The minimum absolute atomic E-state index is 0.213. The number of anilines is 3. The van der Waals surface area contributed by atoms with Crippen LogP contribution in [0.5, 0.6) is 0 Å². The van der Waals surface area contributed by atoms with Crippen LogP contribution in [0.25, 0.3) is 0 Å². The van der Waals surface area contributed by atoms with E-state index in [2.05, 4.69) is 46.6 Å². The highest BCUT2D eigenvalue weighted by Crippen LogP contribution is 2.23. The number of aryl methyl sites for hydroxylation is 2. The molecule has 3 aromatic rings. The van der Waals surface area contributed by atoms with Crippen molar-refractivity contribution in [2.24, 2.45) is 0 Å². The van der Waals surface area contributed by atoms with Gasteiger partial charge in [0.1, 0.15) is 23.8 Å². The molecule has 4 nitrogen and oxygen atoms in total. The first-order valence-corrected chi connectivity index (χ1v) is 8.25. The summed E-state index contributed by atoms with van der Waals surface area (Å²) in [5.41, 5.74) is 4.49. The van der Waals surface area contributed by atoms with Crippen LogP contribution in [0.4, 0.5) is 21.7 Å². The van der Waals surface area contributed by atoms with Crippen LogP contribution in [0.2, 0.25) is 0 Å². The lowest BCUT2D eigenvalue weighted by molar-refractivity contribution is 0.627. The van der Waals surface area contributed by atoms with E-state index in [9.17, 15) is 4.39 Å². The minimum Gasteiger partial charge on any atom is -0.370 e. The Morgan fingerprint density at radius 3 is 2.32 bits per heavy atom. The second-order valence-electron chi connectivity index (χ2n) is 5.98. The molecule has 0 aliphatic carbocycles. The molecule has 3 rings (SSSR count). The van der Waals surface area contributed by atoms with Gasteiger partial charge >= 0.3 is 0 Å². The Hall–Kier alpha value is -2.95. The van der Waals surface area contributed by atoms with Gasteiger partial charge < -0.3 is 10.6 Å². The molecule has 0 unspecified atom stereocenters. The Kier molecular flexibility index (Phi) is 5.23. The van der Waals surface area contributed by atoms with Crippen molar-refractivity contribution < 1.29 is 4.39 Å². The predicted octanol–water partition coefficient (Wildman–Crippen LogP) is 4.63. The van der Waals surface area contributed by atoms with Crippen molar-refractivity contribution in [2.75, 3.05) is 17.2 Å². The quantitative estimate of drug-likeness (QED) is 0.689. The molecular formula is C20H21FN4. The van der Waals surface area contributed by atoms with Crippen molar-refractivity contribution in [3.8, 4) is 0 Å². The van der Waals surface area contributed by atoms with Crippen LogP contribution in [0, 0.1) is 19.7 Å². The van der Waals surface area contributed by atoms with Crippen LogP contribution < -0.4 is 10.6 Å². The van der Waals surface area contributed by atoms with E-state index in [4.69, 9.17) is 0 Å². The standard InChI is InChI=1S/C20H21FN4/c1-14-4-3-5-15(2)20(14)25-19-12-18(23-13-24-19)22-11-10-16-6-8-17(21)9-7-16/h3-9,12-13H,10-11H2,1-2H3,(H2,22,23,24,25). The lowest BCUT2D eigenvalue weighted by Gasteiger charge is -2.13. The van der Waals surface area contributed by atoms with E-state index in [1.165, 1.54) is 29.6 Å². The summed E-state index contributed by atoms with van der Waals surface area (Å²) in [5, 5.41) is 6.64. The molecule has 0 bridgehead atoms. The van der Waals surface area contributed by atoms with Gasteiger partial charge in [0.25, 0.3) is 0 Å². The molecule has 128 valence electrons. The fourth-order valence-corrected chi connectivity index (χ4v) is 2.65. The minimum atomic E-state index is -0.213. The number of para-hydroxylation sites is 1. The fraction of sp³-hybridized carbons (Fsp3) is 0.200. The van der Waals surface area contributed by atoms with Gasteiger partial charge in [-0.3, -0.25) is 0 Å². The summed E-state index contributed by atoms with van der Waals surface area (Å²) in [6.45, 7) is 4.85. The number of aromatic nitrogens is 2. The van der Waals surface area contributed by atoms with E-state index in [1.54, 1.807) is 12.1 Å². The Morgan fingerprint density at radius 1 is 0.920 bits per heavy atom. The summed E-state index contributed by atoms with van der Waals surface area (Å²) in [7, 11) is 0. The van der Waals surface area contributed by atoms with Crippen LogP contribution in [0.3, 0.4) is 0 Å². The van der Waals surface area contributed by atoms with Crippen LogP contribution in [0.1, 0.15) is 16.7 Å². The summed E-state index contributed by atoms with van der Waals surface area (Å²) in [5.74, 6) is 1.29. The van der Waals surface area contributed by atoms with Gasteiger partial charge in [0.2, 0.25) is 0 Å². The van der Waals surface area contributed by atoms with Gasteiger partial charge in [-0.05, 0) is 49.1 Å². The first-order valence-electron chi connectivity index (χ1n) is 8.25. The summed E-state index contributed by atoms with van der Waals surface area (Å²) in [4.78, 5) is 8.54. The predicted molar refractivity (Wildman–Crippen MR) is 99.8 cm³/mol. The van der Waals surface area contributed by atoms with Gasteiger partial charge in [-0.2, -0.15) is 0 Å². The summed E-state index contributed by atoms with van der Waals surface area (Å²) >= 11 is 0. The van der Waals surface area contributed by atoms with Crippen LogP contribution in [0.15, 0.2) is 54.9 Å². The third kappa shape index (κ3) is 4.53. The molecule has 0 spiro atoms. The molecule has 0 saturated heterocycles. The van der Waals surface area contributed by atoms with Gasteiger partial charge in [-0.15, -0.1) is 0 Å². The molecule has 0 atom stereocenters. The monoisotopic (exact) mass is 336 g/mol. The SMILES string of the molecule is Cc1cccc(C)c1Nc1cc(NCCc2ccc(F)cc2)ncn1. The maximum Gasteiger partial charge on any atom is 0.135 e. The number of halogens is 1. The van der Waals surface area contributed by atoms with Gasteiger partial charge in [0.05, 0.1) is 0 Å². The molecule has 2 aromatic carbocycles. The molecule has 1 aromatic heterocycles. The Labute approximate surface area is 147 Å². The molecule has 25 heavy (non-hydrogen) atoms. The smallest absolute Gasteiger partial charge is 0.135 e. The van der Waals surface area contributed by atoms with E-state index in [0.717, 1.165) is 29.3 Å². The van der Waals surface area contributed by atoms with E-state index in [1.807, 2.05) is 12.1 Å². The normalized spacial score (nSPS) is 10.5. The molecule has 0 aliphatic rings. The largest absolute Gasteiger partial charge is 0.370 e. The molecule has 2 N–H and O–H groups in total. The van der Waals surface area contributed by atoms with Gasteiger partial charge in [-0.1, -0.05) is 30.3 Å². The second kappa shape index (κ2) is 7.75. The Bertz CT molecular complexity index is 826. The van der Waals surface area contributed by atoms with Crippen molar-refractivity contribution in [1.29, 1.82) is 0 Å². The average Bonchev–Trinajstić information content (AvgIpc) is 2.60. The third-order valence-corrected chi connectivity index (χ3v) is 4.03. The summed E-state index contributed by atoms with van der Waals surface area (Å²) in [6.07, 6.45) is 2.33. The van der Waals surface area contributed by atoms with Crippen molar-refractivity contribution in [3.63, 3.8) is 0 Å². The van der Waals surface area contributed by atoms with Gasteiger partial charge in [-0.25, -0.2) is 14.4 Å². The zero-order chi connectivity index (χ0) is 17.6. The number of benzene rings is 2. The Morgan fingerprint density at radius 2 is 1.60 bits per heavy atom. The number of rotatable bonds is 6. The Balaban J connectivity index is 1.62. The van der Waals surface area contributed by atoms with E-state index < -0.39 is 0 Å². The van der Waals surface area contributed by atoms with Gasteiger partial charge in [0.15, 0.2) is 0 Å². The third-order valence-electron chi connectivity index (χ3n) is 4.03. The van der Waals surface area contributed by atoms with Crippen molar-refractivity contribution in [2.45, 2.75) is 20.3 Å². The number of hydrogen-bond donors (Lipinski definition) is 2. The van der Waals surface area contributed by atoms with Gasteiger partial charge in [0, 0.05) is 18.3 Å². The van der Waals surface area contributed by atoms with Crippen molar-refractivity contribution >= 4 is 17.3 Å². The topological polar surface area (TPSA) is 49.8 Å². The zero-order valence-electron chi connectivity index (χ0n) is 14.4. The van der Waals surface area contributed by atoms with Crippen LogP contribution in [-0.2, 0) is 6.42 Å². The number of hydrogen-bond acceptors (Lipinski definition) is 4. The van der Waals surface area contributed by atoms with E-state index in [0.29, 0.717) is 6.54 Å². The highest BCUT2D eigenvalue weighted by atomic mass is 19.1. The van der Waals surface area contributed by atoms with Crippen molar-refractivity contribution in [1.82, 2.24) is 9.97 Å². The van der Waals surface area contributed by atoms with Crippen molar-refractivity contribution in [3.05, 3.63) is 77.4 Å². The molecule has 0 fully saturated rings. The number of nitrogens with one attached hydrogen (secondary N) is 2. The summed E-state index contributed by atoms with van der Waals surface area (Å²) < 4.78 is 12.9. The summed E-state index contributed by atoms with van der Waals surface area (Å²) in [6, 6.07) is 14.6. The molecule has 0 saturated carbocycles. The number of nitrogens with zero attached hydrogens (tertiary/aromatic N) is 2. The van der Waals surface area contributed by atoms with Crippen LogP contribution in [-0.4, -0.2) is 16.5 Å². The van der Waals surface area contributed by atoms with E-state index >= 15 is 0 Å². The highest BCUT2D eigenvalue weighted by Gasteiger charge is 2.04. The molecule has 1 heterocycles. The first-order chi connectivity index (χ1) is 12.1. The maximum absolute atomic E-state index is 12.9. The lowest BCUT2D eigenvalue weighted by Crippen LogP contribution is -2.07. The second-order valence-corrected chi connectivity index (χ2v) is 5.98. The lowest BCUT2D eigenvalue weighted by atomic mass is 10.1. The fourth-order valence-electron chi connectivity index (χ4n) is 2.65. The first kappa shape index (κ1) is 16.9. The molecule has 0 amide bonds. The molecule has 5 heteroatoms. The highest BCUT2D eigenvalue weighted by molar-refractivity contribution is 5.65. The average molecular weight is 336 g/mol. The molecule has 0 aliphatic heterocycles. The van der Waals surface area contributed by atoms with Crippen LogP contribution >= 0.6 is 0 Å². The maximum atomic E-state index is 12.9. The molecular weight excluding hydrogens is 315 g/mol.